The Morgan fingerprint density at radius 1 is 1.13 bits per heavy atom. The maximum absolute atomic E-state index is 12.8. The number of ether oxygens (including phenoxy) is 1. The van der Waals surface area contributed by atoms with Crippen molar-refractivity contribution in [3.63, 3.8) is 0 Å². The lowest BCUT2D eigenvalue weighted by molar-refractivity contribution is 0.101. The lowest BCUT2D eigenvalue weighted by atomic mass is 10.2. The van der Waals surface area contributed by atoms with Crippen molar-refractivity contribution in [2.45, 2.75) is 49.5 Å². The monoisotopic (exact) mass is 451 g/mol. The first-order valence-electron chi connectivity index (χ1n) is 10.3. The minimum atomic E-state index is -3.58. The third kappa shape index (κ3) is 4.36. The van der Waals surface area contributed by atoms with E-state index in [0.29, 0.717) is 29.5 Å². The Bertz CT molecular complexity index is 1040. The van der Waals surface area contributed by atoms with E-state index in [1.54, 1.807) is 25.2 Å². The molecule has 162 valence electrons. The molecule has 1 saturated heterocycles. The lowest BCUT2D eigenvalue weighted by Crippen LogP contribution is -2.27. The number of hydrogen-bond donors (Lipinski definition) is 1. The van der Waals surface area contributed by atoms with Gasteiger partial charge in [-0.15, -0.1) is 0 Å². The number of benzene rings is 1. The molecule has 2 fully saturated rings. The van der Waals surface area contributed by atoms with Gasteiger partial charge in [0.25, 0.3) is 5.91 Å². The molecule has 0 atom stereocenters. The largest absolute Gasteiger partial charge is 0.489 e. The molecular weight excluding hydrogens is 426 g/mol. The van der Waals surface area contributed by atoms with E-state index in [-0.39, 0.29) is 16.7 Å². The summed E-state index contributed by atoms with van der Waals surface area (Å²) in [5.74, 6) is 0.209. The summed E-state index contributed by atoms with van der Waals surface area (Å²) in [4.78, 5) is 12.9. The first-order chi connectivity index (χ1) is 14.3. The summed E-state index contributed by atoms with van der Waals surface area (Å²) < 4.78 is 34.4. The molecule has 9 heteroatoms. The number of carbonyl (C=O) groups excluding carboxylic acids is 1. The van der Waals surface area contributed by atoms with Crippen molar-refractivity contribution in [2.75, 3.05) is 18.4 Å². The topological polar surface area (TPSA) is 80.6 Å². The van der Waals surface area contributed by atoms with Gasteiger partial charge in [0.05, 0.1) is 11.1 Å². The molecule has 1 aliphatic carbocycles. The van der Waals surface area contributed by atoms with Crippen LogP contribution >= 0.6 is 11.6 Å². The Labute approximate surface area is 182 Å². The first kappa shape index (κ1) is 21.2. The number of nitrogens with zero attached hydrogens (tertiary/aromatic N) is 2. The van der Waals surface area contributed by atoms with Crippen molar-refractivity contribution >= 4 is 33.2 Å². The second-order valence-electron chi connectivity index (χ2n) is 7.91. The highest BCUT2D eigenvalue weighted by Crippen LogP contribution is 2.32. The zero-order valence-corrected chi connectivity index (χ0v) is 18.5. The summed E-state index contributed by atoms with van der Waals surface area (Å²) in [7, 11) is -1.92. The van der Waals surface area contributed by atoms with Gasteiger partial charge in [-0.1, -0.05) is 11.6 Å². The highest BCUT2D eigenvalue weighted by molar-refractivity contribution is 7.89. The fourth-order valence-corrected chi connectivity index (χ4v) is 5.85. The normalized spacial score (nSPS) is 18.1. The third-order valence-corrected chi connectivity index (χ3v) is 7.86. The SMILES string of the molecule is Cn1cc(S(=O)(=O)N2CCCC2)cc1C(=O)Nc1ccc(OC2CCCC2)c(Cl)c1. The van der Waals surface area contributed by atoms with Gasteiger partial charge in [0.15, 0.2) is 0 Å². The number of amides is 1. The van der Waals surface area contributed by atoms with E-state index >= 15 is 0 Å². The molecule has 2 aromatic rings. The van der Waals surface area contributed by atoms with Crippen LogP contribution in [0.15, 0.2) is 35.4 Å². The van der Waals surface area contributed by atoms with Crippen molar-refractivity contribution < 1.29 is 17.9 Å². The van der Waals surface area contributed by atoms with Crippen LogP contribution in [0.3, 0.4) is 0 Å². The number of carbonyl (C=O) groups is 1. The number of nitrogens with one attached hydrogen (secondary N) is 1. The molecule has 0 spiro atoms. The number of sulfonamides is 1. The maximum Gasteiger partial charge on any atom is 0.272 e. The summed E-state index contributed by atoms with van der Waals surface area (Å²) in [6.45, 7) is 1.04. The maximum atomic E-state index is 12.8. The Morgan fingerprint density at radius 3 is 2.50 bits per heavy atom. The second kappa shape index (κ2) is 8.61. The number of aromatic nitrogens is 1. The Morgan fingerprint density at radius 2 is 1.83 bits per heavy atom. The van der Waals surface area contributed by atoms with Crippen molar-refractivity contribution in [2.24, 2.45) is 7.05 Å². The van der Waals surface area contributed by atoms with Crippen LogP contribution in [0.25, 0.3) is 0 Å². The zero-order valence-electron chi connectivity index (χ0n) is 16.9. The minimum absolute atomic E-state index is 0.135. The van der Waals surface area contributed by atoms with Gasteiger partial charge in [-0.05, 0) is 62.8 Å². The van der Waals surface area contributed by atoms with E-state index in [0.717, 1.165) is 25.7 Å². The Kier molecular flexibility index (Phi) is 6.09. The zero-order chi connectivity index (χ0) is 21.3. The summed E-state index contributed by atoms with van der Waals surface area (Å²) in [6.07, 6.45) is 7.80. The van der Waals surface area contributed by atoms with Crippen molar-refractivity contribution in [1.29, 1.82) is 0 Å². The van der Waals surface area contributed by atoms with E-state index in [2.05, 4.69) is 5.32 Å². The van der Waals surface area contributed by atoms with Gasteiger partial charge in [-0.2, -0.15) is 4.31 Å². The van der Waals surface area contributed by atoms with Gasteiger partial charge in [0, 0.05) is 32.0 Å². The summed E-state index contributed by atoms with van der Waals surface area (Å²) >= 11 is 6.34. The van der Waals surface area contributed by atoms with Crippen LogP contribution in [-0.2, 0) is 17.1 Å². The molecule has 0 bridgehead atoms. The van der Waals surface area contributed by atoms with Crippen LogP contribution in [0.4, 0.5) is 5.69 Å². The molecule has 1 aromatic carbocycles. The van der Waals surface area contributed by atoms with Crippen LogP contribution in [0.1, 0.15) is 49.0 Å². The second-order valence-corrected chi connectivity index (χ2v) is 10.3. The third-order valence-electron chi connectivity index (χ3n) is 5.70. The van der Waals surface area contributed by atoms with Gasteiger partial charge in [0.2, 0.25) is 10.0 Å². The van der Waals surface area contributed by atoms with E-state index in [1.165, 1.54) is 34.0 Å². The van der Waals surface area contributed by atoms with Crippen LogP contribution < -0.4 is 10.1 Å². The average Bonchev–Trinajstić information content (AvgIpc) is 3.45. The number of halogens is 1. The van der Waals surface area contributed by atoms with E-state index in [1.807, 2.05) is 0 Å². The highest BCUT2D eigenvalue weighted by atomic mass is 35.5. The van der Waals surface area contributed by atoms with Gasteiger partial charge < -0.3 is 14.6 Å². The summed E-state index contributed by atoms with van der Waals surface area (Å²) in [5, 5.41) is 3.22. The quantitative estimate of drug-likeness (QED) is 0.718. The fraction of sp³-hybridized carbons (Fsp3) is 0.476. The predicted octanol–water partition coefficient (Wildman–Crippen LogP) is 4.04. The molecular formula is C21H26ClN3O4S. The van der Waals surface area contributed by atoms with Crippen LogP contribution in [0.2, 0.25) is 5.02 Å². The molecule has 2 heterocycles. The van der Waals surface area contributed by atoms with Crippen LogP contribution in [0.5, 0.6) is 5.75 Å². The molecule has 1 N–H and O–H groups in total. The molecule has 1 amide bonds. The number of aryl methyl sites for hydroxylation is 1. The van der Waals surface area contributed by atoms with Crippen molar-refractivity contribution in [3.8, 4) is 5.75 Å². The van der Waals surface area contributed by atoms with Gasteiger partial charge in [-0.25, -0.2) is 8.42 Å². The van der Waals surface area contributed by atoms with E-state index in [4.69, 9.17) is 16.3 Å². The molecule has 0 unspecified atom stereocenters. The van der Waals surface area contributed by atoms with Gasteiger partial charge in [0.1, 0.15) is 16.3 Å². The molecule has 4 rings (SSSR count). The van der Waals surface area contributed by atoms with E-state index < -0.39 is 15.9 Å². The molecule has 7 nitrogen and oxygen atoms in total. The highest BCUT2D eigenvalue weighted by Gasteiger charge is 2.29. The molecule has 2 aliphatic rings. The molecule has 1 aliphatic heterocycles. The predicted molar refractivity (Wildman–Crippen MR) is 116 cm³/mol. The Hall–Kier alpha value is -2.03. The smallest absolute Gasteiger partial charge is 0.272 e. The average molecular weight is 452 g/mol. The van der Waals surface area contributed by atoms with Gasteiger partial charge in [-0.3, -0.25) is 4.79 Å². The Balaban J connectivity index is 1.47. The van der Waals surface area contributed by atoms with Gasteiger partial charge >= 0.3 is 0 Å². The fourth-order valence-electron chi connectivity index (χ4n) is 4.03. The number of rotatable bonds is 6. The van der Waals surface area contributed by atoms with E-state index in [9.17, 15) is 13.2 Å². The molecule has 1 saturated carbocycles. The standard InChI is InChI=1S/C21H26ClN3O4S/c1-24-14-17(30(27,28)25-10-4-5-11-25)13-19(24)21(26)23-15-8-9-20(18(22)12-15)29-16-6-2-3-7-16/h8-9,12-14,16H,2-7,10-11H2,1H3,(H,23,26). The molecule has 1 aromatic heterocycles. The van der Waals surface area contributed by atoms with Crippen LogP contribution in [-0.4, -0.2) is 42.4 Å². The molecule has 0 radical (unpaired) electrons. The van der Waals surface area contributed by atoms with Crippen LogP contribution in [0, 0.1) is 0 Å². The summed E-state index contributed by atoms with van der Waals surface area (Å²) in [5.41, 5.74) is 0.782. The lowest BCUT2D eigenvalue weighted by Gasteiger charge is -2.15. The van der Waals surface area contributed by atoms with Crippen molar-refractivity contribution in [3.05, 3.63) is 41.2 Å². The minimum Gasteiger partial charge on any atom is -0.489 e. The summed E-state index contributed by atoms with van der Waals surface area (Å²) in [6, 6.07) is 6.56. The number of anilines is 1. The number of hydrogen-bond acceptors (Lipinski definition) is 4. The molecule has 30 heavy (non-hydrogen) atoms. The van der Waals surface area contributed by atoms with Crippen molar-refractivity contribution in [1.82, 2.24) is 8.87 Å². The first-order valence-corrected chi connectivity index (χ1v) is 12.1.